The summed E-state index contributed by atoms with van der Waals surface area (Å²) in [6, 6.07) is 9.83. The number of carbonyl (C=O) groups is 1. The monoisotopic (exact) mass is 636 g/mol. The predicted molar refractivity (Wildman–Crippen MR) is 157 cm³/mol. The van der Waals surface area contributed by atoms with E-state index in [9.17, 15) is 26.7 Å². The molecule has 0 bridgehead atoms. The van der Waals surface area contributed by atoms with Gasteiger partial charge in [-0.25, -0.2) is 16.8 Å². The second-order valence-electron chi connectivity index (χ2n) is 10.5. The molecule has 0 aliphatic carbocycles. The molecule has 2 aromatic carbocycles. The Morgan fingerprint density at radius 1 is 1.16 bits per heavy atom. The van der Waals surface area contributed by atoms with Crippen LogP contribution in [0.5, 0.6) is 11.5 Å². The molecule has 0 radical (unpaired) electrons. The summed E-state index contributed by atoms with van der Waals surface area (Å²) >= 11 is 0. The van der Waals surface area contributed by atoms with Crippen LogP contribution in [0.4, 0.5) is 5.69 Å². The number of fused-ring (bicyclic) bond motifs is 1. The van der Waals surface area contributed by atoms with Crippen molar-refractivity contribution in [3.8, 4) is 11.5 Å². The van der Waals surface area contributed by atoms with Crippen LogP contribution in [-0.4, -0.2) is 88.2 Å². The Bertz CT molecular complexity index is 1670. The molecule has 1 aromatic heterocycles. The van der Waals surface area contributed by atoms with Crippen LogP contribution >= 0.6 is 0 Å². The van der Waals surface area contributed by atoms with Crippen molar-refractivity contribution in [3.63, 3.8) is 0 Å². The van der Waals surface area contributed by atoms with Crippen LogP contribution in [0.3, 0.4) is 0 Å². The second-order valence-corrected chi connectivity index (χ2v) is 14.2. The first-order chi connectivity index (χ1) is 20.2. The molecule has 0 saturated heterocycles. The van der Waals surface area contributed by atoms with Crippen molar-refractivity contribution in [2.75, 3.05) is 38.6 Å². The van der Waals surface area contributed by atoms with Crippen molar-refractivity contribution >= 4 is 31.6 Å². The number of hydrogen-bond donors (Lipinski definition) is 2. The molecule has 3 atom stereocenters. The van der Waals surface area contributed by atoms with E-state index >= 15 is 0 Å². The molecule has 43 heavy (non-hydrogen) atoms. The third kappa shape index (κ3) is 6.49. The molecule has 1 aliphatic heterocycles. The number of aliphatic hydroxyl groups is 1. The highest BCUT2D eigenvalue weighted by Crippen LogP contribution is 2.37. The number of benzene rings is 2. The molecule has 1 amide bonds. The SMILES string of the molecule is COc1ccc(S(=O)(=O)N(C)C[C@H]2Oc3c(NS(=O)(=O)c4c(C)noc4C)cccc3C(=O)N([C@H](C)CO)C[C@H]2C)cc1. The lowest BCUT2D eigenvalue weighted by molar-refractivity contribution is 0.0389. The lowest BCUT2D eigenvalue weighted by atomic mass is 9.99. The van der Waals surface area contributed by atoms with Gasteiger partial charge in [0.15, 0.2) is 16.4 Å². The molecule has 0 unspecified atom stereocenters. The number of nitrogens with one attached hydrogen (secondary N) is 1. The Kier molecular flexibility index (Phi) is 9.39. The largest absolute Gasteiger partial charge is 0.497 e. The van der Waals surface area contributed by atoms with Gasteiger partial charge in [-0.15, -0.1) is 0 Å². The Hall–Kier alpha value is -3.66. The standard InChI is InChI=1S/C28H36N4O9S2/c1-17-14-32(18(2)16-33)28(34)23-8-7-9-24(30-42(35,36)27-19(3)29-41-20(27)4)26(23)40-25(17)15-31(5)43(37,38)22-12-10-21(39-6)11-13-22/h7-13,17-18,25,30,33H,14-16H2,1-6H3/t17-,18-,25-/m1/s1. The minimum absolute atomic E-state index is 0.0257. The van der Waals surface area contributed by atoms with Crippen molar-refractivity contribution in [1.82, 2.24) is 14.4 Å². The smallest absolute Gasteiger partial charge is 0.267 e. The van der Waals surface area contributed by atoms with E-state index in [2.05, 4.69) is 9.88 Å². The molecule has 2 N–H and O–H groups in total. The zero-order chi connectivity index (χ0) is 31.7. The number of rotatable bonds is 10. The van der Waals surface area contributed by atoms with Gasteiger partial charge in [-0.3, -0.25) is 9.52 Å². The van der Waals surface area contributed by atoms with Crippen molar-refractivity contribution in [2.24, 2.45) is 5.92 Å². The molecule has 3 aromatic rings. The Balaban J connectivity index is 1.76. The zero-order valence-corrected chi connectivity index (χ0v) is 26.4. The molecular weight excluding hydrogens is 600 g/mol. The Morgan fingerprint density at radius 3 is 2.42 bits per heavy atom. The van der Waals surface area contributed by atoms with E-state index < -0.39 is 44.0 Å². The van der Waals surface area contributed by atoms with E-state index in [1.807, 2.05) is 0 Å². The van der Waals surface area contributed by atoms with E-state index in [-0.39, 0.29) is 57.9 Å². The average molecular weight is 637 g/mol. The second kappa shape index (κ2) is 12.5. The van der Waals surface area contributed by atoms with Crippen LogP contribution in [0.2, 0.25) is 0 Å². The van der Waals surface area contributed by atoms with E-state index in [1.54, 1.807) is 26.0 Å². The number of amides is 1. The van der Waals surface area contributed by atoms with Gasteiger partial charge in [-0.2, -0.15) is 4.31 Å². The van der Waals surface area contributed by atoms with Gasteiger partial charge in [0.1, 0.15) is 17.5 Å². The zero-order valence-electron chi connectivity index (χ0n) is 24.8. The minimum Gasteiger partial charge on any atom is -0.497 e. The number of para-hydroxylation sites is 1. The maximum absolute atomic E-state index is 13.7. The predicted octanol–water partition coefficient (Wildman–Crippen LogP) is 2.64. The van der Waals surface area contributed by atoms with Crippen LogP contribution in [0.25, 0.3) is 0 Å². The van der Waals surface area contributed by atoms with Crippen LogP contribution < -0.4 is 14.2 Å². The molecule has 0 saturated carbocycles. The lowest BCUT2D eigenvalue weighted by Gasteiger charge is -2.38. The average Bonchev–Trinajstić information content (AvgIpc) is 3.32. The van der Waals surface area contributed by atoms with Gasteiger partial charge in [0.25, 0.3) is 15.9 Å². The molecule has 15 heteroatoms. The third-order valence-corrected chi connectivity index (χ3v) is 10.8. The molecule has 4 rings (SSSR count). The molecule has 2 heterocycles. The summed E-state index contributed by atoms with van der Waals surface area (Å²) in [5, 5.41) is 13.6. The molecule has 13 nitrogen and oxygen atoms in total. The number of hydrogen-bond acceptors (Lipinski definition) is 10. The summed E-state index contributed by atoms with van der Waals surface area (Å²) in [4.78, 5) is 15.1. The number of aliphatic hydroxyl groups excluding tert-OH is 1. The number of nitrogens with zero attached hydrogens (tertiary/aromatic N) is 3. The van der Waals surface area contributed by atoms with Crippen molar-refractivity contribution in [3.05, 3.63) is 59.5 Å². The maximum atomic E-state index is 13.7. The quantitative estimate of drug-likeness (QED) is 0.337. The van der Waals surface area contributed by atoms with E-state index in [4.69, 9.17) is 14.0 Å². The van der Waals surface area contributed by atoms with E-state index in [0.717, 1.165) is 4.31 Å². The fourth-order valence-electron chi connectivity index (χ4n) is 4.87. The lowest BCUT2D eigenvalue weighted by Crippen LogP contribution is -2.50. The summed E-state index contributed by atoms with van der Waals surface area (Å²) in [6.07, 6.45) is -0.831. The summed E-state index contributed by atoms with van der Waals surface area (Å²) in [6.45, 7) is 6.15. The number of likely N-dealkylation sites (N-methyl/N-ethyl adjacent to an activating group) is 1. The number of aromatic nitrogens is 1. The maximum Gasteiger partial charge on any atom is 0.267 e. The van der Waals surface area contributed by atoms with Crippen LogP contribution in [-0.2, 0) is 20.0 Å². The fourth-order valence-corrected chi connectivity index (χ4v) is 7.45. The van der Waals surface area contributed by atoms with Crippen molar-refractivity contribution in [1.29, 1.82) is 0 Å². The van der Waals surface area contributed by atoms with Gasteiger partial charge in [0, 0.05) is 19.5 Å². The first-order valence-electron chi connectivity index (χ1n) is 13.5. The summed E-state index contributed by atoms with van der Waals surface area (Å²) in [7, 11) is -5.29. The Morgan fingerprint density at radius 2 is 1.84 bits per heavy atom. The normalized spacial score (nSPS) is 18.4. The number of anilines is 1. The highest BCUT2D eigenvalue weighted by Gasteiger charge is 2.37. The molecule has 1 aliphatic rings. The first kappa shape index (κ1) is 32.3. The molecular formula is C28H36N4O9S2. The van der Waals surface area contributed by atoms with Crippen molar-refractivity contribution < 1.29 is 40.7 Å². The van der Waals surface area contributed by atoms with Gasteiger partial charge in [-0.05, 0) is 57.2 Å². The van der Waals surface area contributed by atoms with Gasteiger partial charge in [-0.1, -0.05) is 18.1 Å². The third-order valence-electron chi connectivity index (χ3n) is 7.38. The number of carbonyl (C=O) groups excluding carboxylic acids is 1. The highest BCUT2D eigenvalue weighted by molar-refractivity contribution is 7.92. The topological polar surface area (TPSA) is 169 Å². The van der Waals surface area contributed by atoms with Crippen molar-refractivity contribution in [2.45, 2.75) is 49.6 Å². The summed E-state index contributed by atoms with van der Waals surface area (Å²) in [5.74, 6) is -0.388. The molecule has 0 fully saturated rings. The van der Waals surface area contributed by atoms with Gasteiger partial charge < -0.3 is 24.0 Å². The van der Waals surface area contributed by atoms with Crippen LogP contribution in [0.15, 0.2) is 56.8 Å². The van der Waals surface area contributed by atoms with Gasteiger partial charge >= 0.3 is 0 Å². The highest BCUT2D eigenvalue weighted by atomic mass is 32.2. The first-order valence-corrected chi connectivity index (χ1v) is 16.4. The van der Waals surface area contributed by atoms with Gasteiger partial charge in [0.2, 0.25) is 10.0 Å². The number of methoxy groups -OCH3 is 1. The van der Waals surface area contributed by atoms with Crippen LogP contribution in [0, 0.1) is 19.8 Å². The summed E-state index contributed by atoms with van der Waals surface area (Å²) < 4.78 is 73.9. The minimum atomic E-state index is -4.22. The number of aryl methyl sites for hydroxylation is 2. The fraction of sp³-hybridized carbons (Fsp3) is 0.429. The van der Waals surface area contributed by atoms with Gasteiger partial charge in [0.05, 0.1) is 42.4 Å². The van der Waals surface area contributed by atoms with Crippen LogP contribution in [0.1, 0.15) is 35.7 Å². The number of ether oxygens (including phenoxy) is 2. The number of sulfonamides is 2. The van der Waals surface area contributed by atoms with E-state index in [1.165, 1.54) is 63.2 Å². The Labute approximate surface area is 251 Å². The summed E-state index contributed by atoms with van der Waals surface area (Å²) in [5.41, 5.74) is 0.180. The molecule has 0 spiro atoms. The molecule has 234 valence electrons. The van der Waals surface area contributed by atoms with E-state index in [0.29, 0.717) is 5.75 Å².